The summed E-state index contributed by atoms with van der Waals surface area (Å²) >= 11 is 0. The predicted octanol–water partition coefficient (Wildman–Crippen LogP) is 1.68. The van der Waals surface area contributed by atoms with Gasteiger partial charge in [-0.05, 0) is 18.4 Å². The topological polar surface area (TPSA) is 43.8 Å². The van der Waals surface area contributed by atoms with Gasteiger partial charge in [0, 0.05) is 24.9 Å². The van der Waals surface area contributed by atoms with Crippen molar-refractivity contribution in [2.24, 2.45) is 17.6 Å². The summed E-state index contributed by atoms with van der Waals surface area (Å²) in [4.78, 5) is 4.16. The van der Waals surface area contributed by atoms with Gasteiger partial charge in [0.15, 0.2) is 0 Å². The van der Waals surface area contributed by atoms with Gasteiger partial charge < -0.3 is 10.3 Å². The molecule has 3 nitrogen and oxygen atoms in total. The summed E-state index contributed by atoms with van der Waals surface area (Å²) in [5.41, 5.74) is 6.79. The summed E-state index contributed by atoms with van der Waals surface area (Å²) in [7, 11) is 0. The zero-order chi connectivity index (χ0) is 10.6. The van der Waals surface area contributed by atoms with Crippen LogP contribution in [0.3, 0.4) is 0 Å². The minimum Gasteiger partial charge on any atom is -0.334 e. The summed E-state index contributed by atoms with van der Waals surface area (Å²) in [6.07, 6.45) is 4.74. The van der Waals surface area contributed by atoms with Crippen molar-refractivity contribution in [3.05, 3.63) is 18.2 Å². The highest BCUT2D eigenvalue weighted by atomic mass is 15.0. The number of nitrogens with two attached hydrogens (primary N) is 1. The molecule has 1 aromatic heterocycles. The maximum atomic E-state index is 5.54. The Hall–Kier alpha value is -0.830. The lowest BCUT2D eigenvalue weighted by atomic mass is 9.98. The van der Waals surface area contributed by atoms with Crippen LogP contribution in [0.15, 0.2) is 12.5 Å². The van der Waals surface area contributed by atoms with E-state index in [-0.39, 0.29) is 0 Å². The molecule has 3 heteroatoms. The Balaban J connectivity index is 2.61. The summed E-state index contributed by atoms with van der Waals surface area (Å²) in [5, 5.41) is 0. The fourth-order valence-electron chi connectivity index (χ4n) is 1.39. The van der Waals surface area contributed by atoms with Gasteiger partial charge in [-0.3, -0.25) is 0 Å². The van der Waals surface area contributed by atoms with E-state index in [1.807, 2.05) is 12.5 Å². The highest BCUT2D eigenvalue weighted by molar-refractivity contribution is 4.99. The van der Waals surface area contributed by atoms with Crippen LogP contribution in [0, 0.1) is 11.8 Å². The summed E-state index contributed by atoms with van der Waals surface area (Å²) in [6.45, 7) is 8.53. The van der Waals surface area contributed by atoms with Crippen LogP contribution in [0.5, 0.6) is 0 Å². The molecule has 1 rings (SSSR count). The van der Waals surface area contributed by atoms with Crippen molar-refractivity contribution in [2.45, 2.75) is 33.7 Å². The van der Waals surface area contributed by atoms with Crippen molar-refractivity contribution in [3.63, 3.8) is 0 Å². The average Bonchev–Trinajstić information content (AvgIpc) is 2.53. The SMILES string of the molecule is CC(C)C(C)Cn1cncc1CCN. The second-order valence-electron chi connectivity index (χ2n) is 4.30. The van der Waals surface area contributed by atoms with E-state index in [0.717, 1.165) is 13.0 Å². The van der Waals surface area contributed by atoms with Crippen LogP contribution in [0.2, 0.25) is 0 Å². The maximum absolute atomic E-state index is 5.54. The van der Waals surface area contributed by atoms with Crippen molar-refractivity contribution in [3.8, 4) is 0 Å². The Morgan fingerprint density at radius 2 is 2.14 bits per heavy atom. The summed E-state index contributed by atoms with van der Waals surface area (Å²) in [6, 6.07) is 0. The Bertz CT molecular complexity index is 265. The fourth-order valence-corrected chi connectivity index (χ4v) is 1.39. The monoisotopic (exact) mass is 195 g/mol. The number of aromatic nitrogens is 2. The zero-order valence-corrected chi connectivity index (χ0v) is 9.40. The molecule has 0 spiro atoms. The number of hydrogen-bond donors (Lipinski definition) is 1. The first-order valence-corrected chi connectivity index (χ1v) is 5.34. The second-order valence-corrected chi connectivity index (χ2v) is 4.30. The molecule has 0 aliphatic carbocycles. The molecule has 1 heterocycles. The number of nitrogens with zero attached hydrogens (tertiary/aromatic N) is 2. The van der Waals surface area contributed by atoms with Gasteiger partial charge in [-0.25, -0.2) is 4.98 Å². The molecule has 80 valence electrons. The average molecular weight is 195 g/mol. The van der Waals surface area contributed by atoms with Crippen LogP contribution in [0.25, 0.3) is 0 Å². The minimum atomic E-state index is 0.681. The Labute approximate surface area is 86.3 Å². The lowest BCUT2D eigenvalue weighted by Gasteiger charge is -2.17. The molecule has 0 amide bonds. The summed E-state index contributed by atoms with van der Waals surface area (Å²) < 4.78 is 2.22. The molecule has 0 saturated heterocycles. The lowest BCUT2D eigenvalue weighted by molar-refractivity contribution is 0.360. The van der Waals surface area contributed by atoms with Crippen LogP contribution in [-0.2, 0) is 13.0 Å². The number of hydrogen-bond acceptors (Lipinski definition) is 2. The van der Waals surface area contributed by atoms with Crippen LogP contribution in [0.1, 0.15) is 26.5 Å². The molecule has 0 aliphatic rings. The van der Waals surface area contributed by atoms with Crippen LogP contribution >= 0.6 is 0 Å². The first kappa shape index (κ1) is 11.2. The van der Waals surface area contributed by atoms with Gasteiger partial charge >= 0.3 is 0 Å². The van der Waals surface area contributed by atoms with Crippen LogP contribution in [0.4, 0.5) is 0 Å². The number of imidazole rings is 1. The van der Waals surface area contributed by atoms with Gasteiger partial charge in [0.2, 0.25) is 0 Å². The van der Waals surface area contributed by atoms with Gasteiger partial charge in [-0.15, -0.1) is 0 Å². The molecule has 0 aromatic carbocycles. The molecule has 0 bridgehead atoms. The molecule has 1 atom stereocenters. The van der Waals surface area contributed by atoms with Crippen molar-refractivity contribution in [1.29, 1.82) is 0 Å². The number of rotatable bonds is 5. The maximum Gasteiger partial charge on any atom is 0.0948 e. The predicted molar refractivity (Wildman–Crippen MR) is 59.0 cm³/mol. The van der Waals surface area contributed by atoms with E-state index in [4.69, 9.17) is 5.73 Å². The van der Waals surface area contributed by atoms with Gasteiger partial charge in [-0.1, -0.05) is 20.8 Å². The third-order valence-corrected chi connectivity index (χ3v) is 2.82. The standard InChI is InChI=1S/C11H21N3/c1-9(2)10(3)7-14-8-13-6-11(14)4-5-12/h6,8-10H,4-5,7,12H2,1-3H3. The molecular weight excluding hydrogens is 174 g/mol. The molecule has 0 radical (unpaired) electrons. The lowest BCUT2D eigenvalue weighted by Crippen LogP contribution is -2.15. The minimum absolute atomic E-state index is 0.681. The Morgan fingerprint density at radius 3 is 2.71 bits per heavy atom. The van der Waals surface area contributed by atoms with Gasteiger partial charge in [-0.2, -0.15) is 0 Å². The first-order chi connectivity index (χ1) is 6.65. The smallest absolute Gasteiger partial charge is 0.0948 e. The fraction of sp³-hybridized carbons (Fsp3) is 0.727. The highest BCUT2D eigenvalue weighted by Crippen LogP contribution is 2.13. The van der Waals surface area contributed by atoms with Crippen molar-refractivity contribution >= 4 is 0 Å². The molecule has 14 heavy (non-hydrogen) atoms. The molecule has 0 aliphatic heterocycles. The largest absolute Gasteiger partial charge is 0.334 e. The Kier molecular flexibility index (Phi) is 4.14. The van der Waals surface area contributed by atoms with Crippen LogP contribution in [-0.4, -0.2) is 16.1 Å². The third-order valence-electron chi connectivity index (χ3n) is 2.82. The van der Waals surface area contributed by atoms with Crippen molar-refractivity contribution < 1.29 is 0 Å². The zero-order valence-electron chi connectivity index (χ0n) is 9.40. The van der Waals surface area contributed by atoms with E-state index in [0.29, 0.717) is 18.4 Å². The molecule has 2 N–H and O–H groups in total. The van der Waals surface area contributed by atoms with E-state index >= 15 is 0 Å². The molecule has 1 aromatic rings. The van der Waals surface area contributed by atoms with E-state index < -0.39 is 0 Å². The molecular formula is C11H21N3. The van der Waals surface area contributed by atoms with Crippen LogP contribution < -0.4 is 5.73 Å². The third kappa shape index (κ3) is 2.84. The van der Waals surface area contributed by atoms with E-state index in [9.17, 15) is 0 Å². The molecule has 0 saturated carbocycles. The summed E-state index contributed by atoms with van der Waals surface area (Å²) in [5.74, 6) is 1.39. The van der Waals surface area contributed by atoms with Gasteiger partial charge in [0.1, 0.15) is 0 Å². The van der Waals surface area contributed by atoms with E-state index in [2.05, 4.69) is 30.3 Å². The normalized spacial score (nSPS) is 13.5. The van der Waals surface area contributed by atoms with Crippen molar-refractivity contribution in [2.75, 3.05) is 6.54 Å². The second kappa shape index (κ2) is 5.15. The van der Waals surface area contributed by atoms with E-state index in [1.165, 1.54) is 5.69 Å². The molecule has 0 fully saturated rings. The molecule has 1 unspecified atom stereocenters. The Morgan fingerprint density at radius 1 is 1.43 bits per heavy atom. The highest BCUT2D eigenvalue weighted by Gasteiger charge is 2.09. The quantitative estimate of drug-likeness (QED) is 0.776. The van der Waals surface area contributed by atoms with Gasteiger partial charge in [0.25, 0.3) is 0 Å². The first-order valence-electron chi connectivity index (χ1n) is 5.34. The van der Waals surface area contributed by atoms with Crippen molar-refractivity contribution in [1.82, 2.24) is 9.55 Å². The van der Waals surface area contributed by atoms with E-state index in [1.54, 1.807) is 0 Å². The van der Waals surface area contributed by atoms with Gasteiger partial charge in [0.05, 0.1) is 6.33 Å².